The quantitative estimate of drug-likeness (QED) is 0.469. The molecule has 0 saturated carbocycles. The molecule has 0 aromatic heterocycles. The lowest BCUT2D eigenvalue weighted by molar-refractivity contribution is -0.196. The maximum Gasteiger partial charge on any atom is 0.131 e. The molecular formula is C8H18O3PS-. The van der Waals surface area contributed by atoms with Gasteiger partial charge >= 0.3 is 0 Å². The minimum atomic E-state index is -3.48. The van der Waals surface area contributed by atoms with Crippen molar-refractivity contribution in [3.8, 4) is 0 Å². The van der Waals surface area contributed by atoms with Gasteiger partial charge in [-0.25, -0.2) is 0 Å². The van der Waals surface area contributed by atoms with E-state index in [9.17, 15) is 9.46 Å². The third kappa shape index (κ3) is 12.5. The lowest BCUT2D eigenvalue weighted by Crippen LogP contribution is -2.03. The van der Waals surface area contributed by atoms with Gasteiger partial charge in [-0.2, -0.15) is 11.8 Å². The Kier molecular flexibility index (Phi) is 8.17. The van der Waals surface area contributed by atoms with Gasteiger partial charge < -0.3 is 14.0 Å². The standard InChI is InChI=1S/C8H19O3PS/c1-12(9,10)11-7-5-3-4-6-8-13-2/h3-8H2,1-2H3,(H,9,10)/p-1. The second kappa shape index (κ2) is 7.86. The van der Waals surface area contributed by atoms with Gasteiger partial charge in [0.05, 0.1) is 6.61 Å². The van der Waals surface area contributed by atoms with Crippen LogP contribution in [-0.4, -0.2) is 25.3 Å². The maximum absolute atomic E-state index is 10.6. The summed E-state index contributed by atoms with van der Waals surface area (Å²) in [6.07, 6.45) is 6.36. The molecule has 0 aliphatic rings. The third-order valence-electron chi connectivity index (χ3n) is 1.57. The van der Waals surface area contributed by atoms with Crippen LogP contribution in [0.15, 0.2) is 0 Å². The van der Waals surface area contributed by atoms with E-state index in [1.165, 1.54) is 12.2 Å². The fourth-order valence-corrected chi connectivity index (χ4v) is 1.89. The van der Waals surface area contributed by atoms with Crippen molar-refractivity contribution >= 4 is 19.4 Å². The minimum Gasteiger partial charge on any atom is -0.779 e. The number of unbranched alkanes of at least 4 members (excludes halogenated alkanes) is 3. The molecule has 0 aliphatic carbocycles. The summed E-state index contributed by atoms with van der Waals surface area (Å²) >= 11 is 1.84. The van der Waals surface area contributed by atoms with E-state index in [-0.39, 0.29) is 0 Å². The molecule has 0 radical (unpaired) electrons. The zero-order valence-electron chi connectivity index (χ0n) is 8.32. The molecule has 0 aromatic carbocycles. The topological polar surface area (TPSA) is 49.4 Å². The Morgan fingerprint density at radius 2 is 1.92 bits per heavy atom. The number of thioether (sulfide) groups is 1. The number of rotatable bonds is 8. The summed E-state index contributed by atoms with van der Waals surface area (Å²) in [4.78, 5) is 10.6. The first-order chi connectivity index (χ1) is 6.06. The SMILES string of the molecule is CSCCCCCCOP(C)(=O)[O-]. The van der Waals surface area contributed by atoms with Gasteiger partial charge in [-0.3, -0.25) is 0 Å². The van der Waals surface area contributed by atoms with Crippen LogP contribution in [0.1, 0.15) is 25.7 Å². The summed E-state index contributed by atoms with van der Waals surface area (Å²) in [6.45, 7) is 1.46. The van der Waals surface area contributed by atoms with Crippen LogP contribution < -0.4 is 4.89 Å². The lowest BCUT2D eigenvalue weighted by Gasteiger charge is -2.17. The second-order valence-corrected chi connectivity index (χ2v) is 5.80. The van der Waals surface area contributed by atoms with Crippen molar-refractivity contribution in [2.45, 2.75) is 25.7 Å². The number of hydrogen-bond donors (Lipinski definition) is 0. The van der Waals surface area contributed by atoms with E-state index in [0.717, 1.165) is 25.9 Å². The van der Waals surface area contributed by atoms with Gasteiger partial charge in [0.2, 0.25) is 0 Å². The van der Waals surface area contributed by atoms with Crippen molar-refractivity contribution in [1.29, 1.82) is 0 Å². The van der Waals surface area contributed by atoms with Crippen molar-refractivity contribution < 1.29 is 14.0 Å². The Labute approximate surface area is 84.8 Å². The van der Waals surface area contributed by atoms with Gasteiger partial charge in [0.25, 0.3) is 0 Å². The first-order valence-electron chi connectivity index (χ1n) is 4.48. The Morgan fingerprint density at radius 3 is 2.46 bits per heavy atom. The average molecular weight is 225 g/mol. The van der Waals surface area contributed by atoms with E-state index in [1.54, 1.807) is 0 Å². The molecule has 0 saturated heterocycles. The van der Waals surface area contributed by atoms with Crippen molar-refractivity contribution in [3.63, 3.8) is 0 Å². The highest BCUT2D eigenvalue weighted by Gasteiger charge is 1.97. The second-order valence-electron chi connectivity index (χ2n) is 3.01. The van der Waals surface area contributed by atoms with Crippen LogP contribution in [0.2, 0.25) is 0 Å². The molecular weight excluding hydrogens is 207 g/mol. The van der Waals surface area contributed by atoms with Crippen molar-refractivity contribution in [3.05, 3.63) is 0 Å². The van der Waals surface area contributed by atoms with Gasteiger partial charge in [-0.15, -0.1) is 0 Å². The highest BCUT2D eigenvalue weighted by molar-refractivity contribution is 7.98. The Hall–Kier alpha value is 0.500. The van der Waals surface area contributed by atoms with Gasteiger partial charge in [0.1, 0.15) is 7.60 Å². The van der Waals surface area contributed by atoms with Crippen LogP contribution >= 0.6 is 19.4 Å². The molecule has 80 valence electrons. The molecule has 0 fully saturated rings. The molecule has 0 bridgehead atoms. The summed E-state index contributed by atoms with van der Waals surface area (Å²) < 4.78 is 15.2. The van der Waals surface area contributed by atoms with Gasteiger partial charge in [-0.1, -0.05) is 12.8 Å². The first kappa shape index (κ1) is 13.5. The molecule has 0 aliphatic heterocycles. The predicted octanol–water partition coefficient (Wildman–Crippen LogP) is 2.11. The van der Waals surface area contributed by atoms with E-state index < -0.39 is 7.60 Å². The van der Waals surface area contributed by atoms with E-state index >= 15 is 0 Å². The van der Waals surface area contributed by atoms with E-state index in [4.69, 9.17) is 0 Å². The zero-order chi connectivity index (χ0) is 10.2. The first-order valence-corrected chi connectivity index (χ1v) is 7.86. The largest absolute Gasteiger partial charge is 0.779 e. The van der Waals surface area contributed by atoms with Crippen molar-refractivity contribution in [2.24, 2.45) is 0 Å². The van der Waals surface area contributed by atoms with Gasteiger partial charge in [0, 0.05) is 6.66 Å². The van der Waals surface area contributed by atoms with Gasteiger partial charge in [-0.05, 0) is 24.9 Å². The van der Waals surface area contributed by atoms with E-state index in [2.05, 4.69) is 10.8 Å². The monoisotopic (exact) mass is 225 g/mol. The van der Waals surface area contributed by atoms with Crippen LogP contribution in [-0.2, 0) is 9.09 Å². The van der Waals surface area contributed by atoms with Crippen LogP contribution in [0.4, 0.5) is 0 Å². The Balaban J connectivity index is 3.04. The van der Waals surface area contributed by atoms with Crippen molar-refractivity contribution in [1.82, 2.24) is 0 Å². The number of hydrogen-bond acceptors (Lipinski definition) is 4. The summed E-state index contributed by atoms with van der Waals surface area (Å²) in [5, 5.41) is 0. The molecule has 0 amide bonds. The lowest BCUT2D eigenvalue weighted by atomic mass is 10.2. The normalized spacial score (nSPS) is 15.6. The fourth-order valence-electron chi connectivity index (χ4n) is 0.932. The van der Waals surface area contributed by atoms with Crippen LogP contribution in [0.3, 0.4) is 0 Å². The molecule has 5 heteroatoms. The van der Waals surface area contributed by atoms with E-state index in [1.807, 2.05) is 11.8 Å². The zero-order valence-corrected chi connectivity index (χ0v) is 10.0. The fraction of sp³-hybridized carbons (Fsp3) is 1.00. The molecule has 0 spiro atoms. The van der Waals surface area contributed by atoms with Crippen molar-refractivity contribution in [2.75, 3.05) is 25.3 Å². The Morgan fingerprint density at radius 1 is 1.31 bits per heavy atom. The molecule has 0 aromatic rings. The third-order valence-corrected chi connectivity index (χ3v) is 2.92. The predicted molar refractivity (Wildman–Crippen MR) is 56.3 cm³/mol. The Bertz CT molecular complexity index is 157. The smallest absolute Gasteiger partial charge is 0.131 e. The highest BCUT2D eigenvalue weighted by atomic mass is 32.2. The molecule has 1 unspecified atom stereocenters. The molecule has 0 heterocycles. The summed E-state index contributed by atoms with van der Waals surface area (Å²) in [6, 6.07) is 0. The van der Waals surface area contributed by atoms with Crippen LogP contribution in [0.25, 0.3) is 0 Å². The molecule has 0 N–H and O–H groups in total. The molecule has 3 nitrogen and oxygen atoms in total. The highest BCUT2D eigenvalue weighted by Crippen LogP contribution is 2.30. The molecule has 0 rings (SSSR count). The average Bonchev–Trinajstić information content (AvgIpc) is 2.01. The van der Waals surface area contributed by atoms with E-state index in [0.29, 0.717) is 6.61 Å². The molecule has 1 atom stereocenters. The summed E-state index contributed by atoms with van der Waals surface area (Å²) in [5.74, 6) is 1.19. The minimum absolute atomic E-state index is 0.344. The molecule has 13 heavy (non-hydrogen) atoms. The maximum atomic E-state index is 10.6. The summed E-state index contributed by atoms with van der Waals surface area (Å²) in [5.41, 5.74) is 0. The summed E-state index contributed by atoms with van der Waals surface area (Å²) in [7, 11) is -3.48. The van der Waals surface area contributed by atoms with Crippen LogP contribution in [0, 0.1) is 0 Å². The van der Waals surface area contributed by atoms with Crippen LogP contribution in [0.5, 0.6) is 0 Å². The van der Waals surface area contributed by atoms with Gasteiger partial charge in [0.15, 0.2) is 0 Å².